The van der Waals surface area contributed by atoms with Gasteiger partial charge in [-0.05, 0) is 64.5 Å². The Morgan fingerprint density at radius 2 is 1.76 bits per heavy atom. The lowest BCUT2D eigenvalue weighted by Gasteiger charge is -2.39. The van der Waals surface area contributed by atoms with Crippen molar-refractivity contribution in [1.29, 1.82) is 0 Å². The van der Waals surface area contributed by atoms with Crippen LogP contribution in [0.1, 0.15) is 63.2 Å². The molecule has 5 heteroatoms. The fourth-order valence-corrected chi connectivity index (χ4v) is 4.13. The van der Waals surface area contributed by atoms with Gasteiger partial charge in [0.2, 0.25) is 0 Å². The quantitative estimate of drug-likeness (QED) is 0.752. The number of benzene rings is 1. The summed E-state index contributed by atoms with van der Waals surface area (Å²) in [5.41, 5.74) is -0.335. The molecule has 3 atom stereocenters. The van der Waals surface area contributed by atoms with E-state index in [-0.39, 0.29) is 35.4 Å². The molecule has 2 heterocycles. The number of rotatable bonds is 3. The predicted octanol–water partition coefficient (Wildman–Crippen LogP) is 4.58. The lowest BCUT2D eigenvalue weighted by atomic mass is 9.85. The van der Waals surface area contributed by atoms with E-state index in [1.165, 1.54) is 6.07 Å². The van der Waals surface area contributed by atoms with Gasteiger partial charge in [0.25, 0.3) is 0 Å². The number of piperidine rings is 1. The van der Waals surface area contributed by atoms with Crippen LogP contribution < -0.4 is 0 Å². The summed E-state index contributed by atoms with van der Waals surface area (Å²) in [6, 6.07) is 6.40. The molecular formula is C20H26FNO3. The normalized spacial score (nSPS) is 25.8. The first-order chi connectivity index (χ1) is 11.7. The minimum Gasteiger partial charge on any atom is -0.444 e. The Hall–Kier alpha value is -1.91. The summed E-state index contributed by atoms with van der Waals surface area (Å²) in [7, 11) is 0. The molecule has 0 aliphatic carbocycles. The summed E-state index contributed by atoms with van der Waals surface area (Å²) in [6.07, 6.45) is 3.57. The van der Waals surface area contributed by atoms with Crippen LogP contribution in [0.25, 0.3) is 0 Å². The average Bonchev–Trinajstić information content (AvgIpc) is 2.77. The maximum Gasteiger partial charge on any atom is 0.410 e. The van der Waals surface area contributed by atoms with Crippen LogP contribution >= 0.6 is 0 Å². The largest absolute Gasteiger partial charge is 0.444 e. The highest BCUT2D eigenvalue weighted by molar-refractivity contribution is 5.96. The van der Waals surface area contributed by atoms with Crippen molar-refractivity contribution in [2.75, 3.05) is 0 Å². The summed E-state index contributed by atoms with van der Waals surface area (Å²) in [6.45, 7) is 5.60. The van der Waals surface area contributed by atoms with Crippen molar-refractivity contribution in [2.45, 2.75) is 70.6 Å². The molecule has 3 rings (SSSR count). The molecule has 0 N–H and O–H groups in total. The van der Waals surface area contributed by atoms with E-state index >= 15 is 0 Å². The highest BCUT2D eigenvalue weighted by atomic mass is 19.1. The Kier molecular flexibility index (Phi) is 4.85. The van der Waals surface area contributed by atoms with Gasteiger partial charge >= 0.3 is 6.09 Å². The molecule has 1 aromatic rings. The third-order valence-corrected chi connectivity index (χ3v) is 5.08. The lowest BCUT2D eigenvalue weighted by molar-refractivity contribution is 0.00203. The van der Waals surface area contributed by atoms with Crippen LogP contribution in [0.15, 0.2) is 24.3 Å². The minimum atomic E-state index is -0.506. The average molecular weight is 347 g/mol. The molecule has 1 unspecified atom stereocenters. The minimum absolute atomic E-state index is 0.132. The van der Waals surface area contributed by atoms with Gasteiger partial charge in [-0.25, -0.2) is 9.18 Å². The Morgan fingerprint density at radius 1 is 1.16 bits per heavy atom. The Morgan fingerprint density at radius 3 is 2.32 bits per heavy atom. The van der Waals surface area contributed by atoms with Crippen LogP contribution in [-0.4, -0.2) is 34.5 Å². The fourth-order valence-electron chi connectivity index (χ4n) is 4.13. The molecule has 2 aliphatic heterocycles. The Labute approximate surface area is 148 Å². The van der Waals surface area contributed by atoms with Gasteiger partial charge in [0.1, 0.15) is 11.4 Å². The number of hydrogen-bond donors (Lipinski definition) is 0. The van der Waals surface area contributed by atoms with Crippen LogP contribution in [0, 0.1) is 11.7 Å². The van der Waals surface area contributed by atoms with E-state index in [4.69, 9.17) is 4.74 Å². The van der Waals surface area contributed by atoms with E-state index in [2.05, 4.69) is 0 Å². The molecule has 0 spiro atoms. The number of Topliss-reactive ketones (excluding diaryl/α,β-unsaturated/α-hetero) is 1. The molecule has 2 aliphatic rings. The third kappa shape index (κ3) is 4.02. The zero-order chi connectivity index (χ0) is 18.2. The van der Waals surface area contributed by atoms with E-state index < -0.39 is 11.4 Å². The van der Waals surface area contributed by atoms with Crippen LogP contribution in [0.3, 0.4) is 0 Å². The van der Waals surface area contributed by atoms with Crippen LogP contribution in [0.4, 0.5) is 9.18 Å². The molecule has 1 aromatic carbocycles. The molecule has 25 heavy (non-hydrogen) atoms. The van der Waals surface area contributed by atoms with Crippen molar-refractivity contribution < 1.29 is 18.7 Å². The maximum atomic E-state index is 13.8. The van der Waals surface area contributed by atoms with Crippen molar-refractivity contribution >= 4 is 11.9 Å². The molecule has 136 valence electrons. The summed E-state index contributed by atoms with van der Waals surface area (Å²) < 4.78 is 19.3. The summed E-state index contributed by atoms with van der Waals surface area (Å²) >= 11 is 0. The van der Waals surface area contributed by atoms with E-state index in [9.17, 15) is 14.0 Å². The van der Waals surface area contributed by atoms with Crippen LogP contribution in [0.5, 0.6) is 0 Å². The molecule has 2 bridgehead atoms. The number of nitrogens with zero attached hydrogens (tertiary/aromatic N) is 1. The van der Waals surface area contributed by atoms with Crippen LogP contribution in [0.2, 0.25) is 0 Å². The predicted molar refractivity (Wildman–Crippen MR) is 93.0 cm³/mol. The van der Waals surface area contributed by atoms with Crippen molar-refractivity contribution in [1.82, 2.24) is 4.90 Å². The third-order valence-electron chi connectivity index (χ3n) is 5.08. The number of ether oxygens (including phenoxy) is 1. The van der Waals surface area contributed by atoms with Crippen molar-refractivity contribution in [3.63, 3.8) is 0 Å². The van der Waals surface area contributed by atoms with Gasteiger partial charge in [-0.15, -0.1) is 0 Å². The number of hydrogen-bond acceptors (Lipinski definition) is 3. The SMILES string of the molecule is CC(C)(C)OC(=O)N1[C@@H]2CC[C@H]1CC(CC(=O)c1ccccc1F)C2. The van der Waals surface area contributed by atoms with Crippen molar-refractivity contribution in [3.8, 4) is 0 Å². The highest BCUT2D eigenvalue weighted by Crippen LogP contribution is 2.41. The standard InChI is InChI=1S/C20H26FNO3/c1-20(2,3)25-19(24)22-14-8-9-15(22)11-13(10-14)12-18(23)16-6-4-5-7-17(16)21/h4-7,13-15H,8-12H2,1-3H3/t13?,14-,15+. The lowest BCUT2D eigenvalue weighted by Crippen LogP contribution is -2.48. The van der Waals surface area contributed by atoms with Gasteiger partial charge in [0.05, 0.1) is 5.56 Å². The molecule has 2 fully saturated rings. The molecular weight excluding hydrogens is 321 g/mol. The van der Waals surface area contributed by atoms with Gasteiger partial charge < -0.3 is 9.64 Å². The Bertz CT molecular complexity index is 653. The smallest absolute Gasteiger partial charge is 0.410 e. The summed E-state index contributed by atoms with van der Waals surface area (Å²) in [4.78, 5) is 26.8. The van der Waals surface area contributed by atoms with Crippen LogP contribution in [-0.2, 0) is 4.74 Å². The van der Waals surface area contributed by atoms with Crippen molar-refractivity contribution in [2.24, 2.45) is 5.92 Å². The van der Waals surface area contributed by atoms with E-state index in [1.807, 2.05) is 25.7 Å². The van der Waals surface area contributed by atoms with Gasteiger partial charge in [-0.3, -0.25) is 4.79 Å². The molecule has 1 amide bonds. The molecule has 0 radical (unpaired) electrons. The maximum absolute atomic E-state index is 13.8. The second-order valence-electron chi connectivity index (χ2n) is 8.22. The zero-order valence-corrected chi connectivity index (χ0v) is 15.1. The van der Waals surface area contributed by atoms with Gasteiger partial charge in [-0.1, -0.05) is 12.1 Å². The number of ketones is 1. The summed E-state index contributed by atoms with van der Waals surface area (Å²) in [5, 5.41) is 0. The van der Waals surface area contributed by atoms with E-state index in [0.29, 0.717) is 6.42 Å². The first-order valence-electron chi connectivity index (χ1n) is 9.03. The summed E-state index contributed by atoms with van der Waals surface area (Å²) in [5.74, 6) is -0.404. The first kappa shape index (κ1) is 17.9. The number of carbonyl (C=O) groups excluding carboxylic acids is 2. The Balaban J connectivity index is 1.63. The molecule has 4 nitrogen and oxygen atoms in total. The van der Waals surface area contributed by atoms with Gasteiger partial charge in [0, 0.05) is 18.5 Å². The number of fused-ring (bicyclic) bond motifs is 2. The number of carbonyl (C=O) groups is 2. The van der Waals surface area contributed by atoms with Gasteiger partial charge in [-0.2, -0.15) is 0 Å². The number of amides is 1. The molecule has 2 saturated heterocycles. The second-order valence-corrected chi connectivity index (χ2v) is 8.22. The van der Waals surface area contributed by atoms with Gasteiger partial charge in [0.15, 0.2) is 5.78 Å². The molecule has 0 aromatic heterocycles. The highest BCUT2D eigenvalue weighted by Gasteiger charge is 2.45. The molecule has 0 saturated carbocycles. The van der Waals surface area contributed by atoms with E-state index in [1.54, 1.807) is 18.2 Å². The second kappa shape index (κ2) is 6.77. The zero-order valence-electron chi connectivity index (χ0n) is 15.1. The first-order valence-corrected chi connectivity index (χ1v) is 9.03. The number of halogens is 1. The van der Waals surface area contributed by atoms with E-state index in [0.717, 1.165) is 25.7 Å². The van der Waals surface area contributed by atoms with Crippen molar-refractivity contribution in [3.05, 3.63) is 35.6 Å². The fraction of sp³-hybridized carbons (Fsp3) is 0.600. The monoisotopic (exact) mass is 347 g/mol. The topological polar surface area (TPSA) is 46.6 Å².